The predicted octanol–water partition coefficient (Wildman–Crippen LogP) is 2.58. The number of carbonyl (C=O) groups is 1. The lowest BCUT2D eigenvalue weighted by molar-refractivity contribution is 0.0907. The molecule has 2 atom stereocenters. The van der Waals surface area contributed by atoms with E-state index in [1.54, 1.807) is 0 Å². The molecule has 2 N–H and O–H groups in total. The third-order valence-electron chi connectivity index (χ3n) is 3.91. The molecule has 0 spiro atoms. The molecule has 4 heteroatoms. The monoisotopic (exact) mass is 276 g/mol. The van der Waals surface area contributed by atoms with E-state index in [4.69, 9.17) is 4.74 Å². The van der Waals surface area contributed by atoms with E-state index in [2.05, 4.69) is 24.5 Å². The average Bonchev–Trinajstić information content (AvgIpc) is 2.82. The number of hydrogen-bond donors (Lipinski definition) is 2. The minimum atomic E-state index is 0.00430. The number of rotatable bonds is 5. The Morgan fingerprint density at radius 3 is 2.85 bits per heavy atom. The quantitative estimate of drug-likeness (QED) is 0.869. The summed E-state index contributed by atoms with van der Waals surface area (Å²) in [7, 11) is 0. The maximum absolute atomic E-state index is 12.2. The van der Waals surface area contributed by atoms with Crippen molar-refractivity contribution in [2.75, 3.05) is 25.0 Å². The fourth-order valence-electron chi connectivity index (χ4n) is 2.60. The molecule has 0 aromatic heterocycles. The number of benzene rings is 1. The molecule has 2 unspecified atom stereocenters. The summed E-state index contributed by atoms with van der Waals surface area (Å²) in [5, 5.41) is 6.27. The van der Waals surface area contributed by atoms with Gasteiger partial charge in [-0.25, -0.2) is 0 Å². The third-order valence-corrected chi connectivity index (χ3v) is 3.91. The van der Waals surface area contributed by atoms with E-state index >= 15 is 0 Å². The average molecular weight is 276 g/mol. The Kier molecular flexibility index (Phi) is 5.01. The van der Waals surface area contributed by atoms with E-state index in [1.807, 2.05) is 25.1 Å². The lowest BCUT2D eigenvalue weighted by atomic mass is 10.0. The van der Waals surface area contributed by atoms with Gasteiger partial charge in [0, 0.05) is 36.9 Å². The summed E-state index contributed by atoms with van der Waals surface area (Å²) in [6.45, 7) is 8.47. The Bertz CT molecular complexity index is 474. The van der Waals surface area contributed by atoms with Gasteiger partial charge in [0.05, 0.1) is 6.10 Å². The second kappa shape index (κ2) is 6.75. The zero-order chi connectivity index (χ0) is 14.5. The lowest BCUT2D eigenvalue weighted by Gasteiger charge is -2.15. The molecule has 1 saturated heterocycles. The molecule has 1 heterocycles. The number of amides is 1. The van der Waals surface area contributed by atoms with Crippen LogP contribution in [0.3, 0.4) is 0 Å². The van der Waals surface area contributed by atoms with Crippen molar-refractivity contribution in [3.63, 3.8) is 0 Å². The lowest BCUT2D eigenvalue weighted by Crippen LogP contribution is -2.32. The topological polar surface area (TPSA) is 50.4 Å². The SMILES string of the molecule is CCNc1ccc(C(=O)NCC2CCOC2C)c(C)c1. The first-order valence-electron chi connectivity index (χ1n) is 7.36. The molecule has 1 aromatic rings. The maximum Gasteiger partial charge on any atom is 0.251 e. The predicted molar refractivity (Wildman–Crippen MR) is 81.2 cm³/mol. The van der Waals surface area contributed by atoms with Crippen LogP contribution in [0.5, 0.6) is 0 Å². The normalized spacial score (nSPS) is 21.8. The number of ether oxygens (including phenoxy) is 1. The number of aryl methyl sites for hydroxylation is 1. The summed E-state index contributed by atoms with van der Waals surface area (Å²) in [5.74, 6) is 0.435. The van der Waals surface area contributed by atoms with Gasteiger partial charge in [-0.1, -0.05) is 0 Å². The van der Waals surface area contributed by atoms with Crippen LogP contribution in [-0.4, -0.2) is 31.7 Å². The van der Waals surface area contributed by atoms with Crippen LogP contribution in [-0.2, 0) is 4.74 Å². The Labute approximate surface area is 120 Å². The summed E-state index contributed by atoms with van der Waals surface area (Å²) in [5.41, 5.74) is 2.80. The van der Waals surface area contributed by atoms with Crippen molar-refractivity contribution in [2.24, 2.45) is 5.92 Å². The van der Waals surface area contributed by atoms with Crippen LogP contribution in [0.1, 0.15) is 36.2 Å². The first-order valence-corrected chi connectivity index (χ1v) is 7.36. The summed E-state index contributed by atoms with van der Waals surface area (Å²) >= 11 is 0. The van der Waals surface area contributed by atoms with E-state index in [-0.39, 0.29) is 12.0 Å². The highest BCUT2D eigenvalue weighted by molar-refractivity contribution is 5.96. The van der Waals surface area contributed by atoms with Gasteiger partial charge in [-0.2, -0.15) is 0 Å². The molecular weight excluding hydrogens is 252 g/mol. The van der Waals surface area contributed by atoms with Gasteiger partial charge in [-0.15, -0.1) is 0 Å². The molecule has 1 aromatic carbocycles. The highest BCUT2D eigenvalue weighted by atomic mass is 16.5. The van der Waals surface area contributed by atoms with E-state index in [0.717, 1.165) is 36.4 Å². The Balaban J connectivity index is 1.95. The van der Waals surface area contributed by atoms with E-state index < -0.39 is 0 Å². The van der Waals surface area contributed by atoms with Crippen LogP contribution in [0.25, 0.3) is 0 Å². The summed E-state index contributed by atoms with van der Waals surface area (Å²) in [6, 6.07) is 5.85. The van der Waals surface area contributed by atoms with E-state index in [9.17, 15) is 4.79 Å². The minimum Gasteiger partial charge on any atom is -0.385 e. The second-order valence-corrected chi connectivity index (χ2v) is 5.39. The molecule has 0 radical (unpaired) electrons. The molecular formula is C16H24N2O2. The van der Waals surface area contributed by atoms with Crippen LogP contribution in [0.15, 0.2) is 18.2 Å². The summed E-state index contributed by atoms with van der Waals surface area (Å²) in [4.78, 5) is 12.2. The van der Waals surface area contributed by atoms with Crippen molar-refractivity contribution in [1.82, 2.24) is 5.32 Å². The van der Waals surface area contributed by atoms with Crippen molar-refractivity contribution in [1.29, 1.82) is 0 Å². The standard InChI is InChI=1S/C16H24N2O2/c1-4-17-14-5-6-15(11(2)9-14)16(19)18-10-13-7-8-20-12(13)3/h5-6,9,12-13,17H,4,7-8,10H2,1-3H3,(H,18,19). The first kappa shape index (κ1) is 14.9. The largest absolute Gasteiger partial charge is 0.385 e. The number of anilines is 1. The highest BCUT2D eigenvalue weighted by Crippen LogP contribution is 2.20. The minimum absolute atomic E-state index is 0.00430. The number of nitrogens with one attached hydrogen (secondary N) is 2. The fourth-order valence-corrected chi connectivity index (χ4v) is 2.60. The Morgan fingerprint density at radius 2 is 2.25 bits per heavy atom. The molecule has 1 fully saturated rings. The fraction of sp³-hybridized carbons (Fsp3) is 0.562. The Hall–Kier alpha value is -1.55. The Morgan fingerprint density at radius 1 is 1.45 bits per heavy atom. The van der Waals surface area contributed by atoms with Crippen molar-refractivity contribution >= 4 is 11.6 Å². The molecule has 1 aliphatic heterocycles. The zero-order valence-corrected chi connectivity index (χ0v) is 12.5. The van der Waals surface area contributed by atoms with Crippen LogP contribution in [0.4, 0.5) is 5.69 Å². The third kappa shape index (κ3) is 3.51. The van der Waals surface area contributed by atoms with Crippen molar-refractivity contribution in [2.45, 2.75) is 33.3 Å². The van der Waals surface area contributed by atoms with Gasteiger partial charge in [0.25, 0.3) is 5.91 Å². The summed E-state index contributed by atoms with van der Waals surface area (Å²) < 4.78 is 5.51. The van der Waals surface area contributed by atoms with Gasteiger partial charge in [-0.05, 0) is 51.0 Å². The van der Waals surface area contributed by atoms with Gasteiger partial charge < -0.3 is 15.4 Å². The van der Waals surface area contributed by atoms with Gasteiger partial charge >= 0.3 is 0 Å². The molecule has 4 nitrogen and oxygen atoms in total. The van der Waals surface area contributed by atoms with Gasteiger partial charge in [-0.3, -0.25) is 4.79 Å². The van der Waals surface area contributed by atoms with E-state index in [0.29, 0.717) is 12.5 Å². The number of hydrogen-bond acceptors (Lipinski definition) is 3. The van der Waals surface area contributed by atoms with Crippen LogP contribution in [0, 0.1) is 12.8 Å². The molecule has 0 aliphatic carbocycles. The molecule has 110 valence electrons. The summed E-state index contributed by atoms with van der Waals surface area (Å²) in [6.07, 6.45) is 1.27. The van der Waals surface area contributed by atoms with Gasteiger partial charge in [0.15, 0.2) is 0 Å². The molecule has 0 saturated carbocycles. The second-order valence-electron chi connectivity index (χ2n) is 5.39. The number of carbonyl (C=O) groups excluding carboxylic acids is 1. The smallest absolute Gasteiger partial charge is 0.251 e. The van der Waals surface area contributed by atoms with Crippen LogP contribution >= 0.6 is 0 Å². The van der Waals surface area contributed by atoms with Gasteiger partial charge in [0.1, 0.15) is 0 Å². The maximum atomic E-state index is 12.2. The van der Waals surface area contributed by atoms with E-state index in [1.165, 1.54) is 0 Å². The van der Waals surface area contributed by atoms with Crippen molar-refractivity contribution in [3.05, 3.63) is 29.3 Å². The molecule has 1 aliphatic rings. The van der Waals surface area contributed by atoms with Gasteiger partial charge in [0.2, 0.25) is 0 Å². The first-order chi connectivity index (χ1) is 9.61. The molecule has 2 rings (SSSR count). The molecule has 1 amide bonds. The molecule has 0 bridgehead atoms. The van der Waals surface area contributed by atoms with Crippen molar-refractivity contribution < 1.29 is 9.53 Å². The van der Waals surface area contributed by atoms with Crippen molar-refractivity contribution in [3.8, 4) is 0 Å². The van der Waals surface area contributed by atoms with Crippen LogP contribution in [0.2, 0.25) is 0 Å². The molecule has 20 heavy (non-hydrogen) atoms. The zero-order valence-electron chi connectivity index (χ0n) is 12.5. The van der Waals surface area contributed by atoms with Crippen LogP contribution < -0.4 is 10.6 Å². The highest BCUT2D eigenvalue weighted by Gasteiger charge is 2.24.